The molecule has 0 aliphatic carbocycles. The second-order valence-corrected chi connectivity index (χ2v) is 8.45. The molecule has 0 atom stereocenters. The third kappa shape index (κ3) is 5.85. The van der Waals surface area contributed by atoms with Crippen LogP contribution in [-0.2, 0) is 22.3 Å². The first kappa shape index (κ1) is 25.3. The van der Waals surface area contributed by atoms with Gasteiger partial charge < -0.3 is 14.7 Å². The fourth-order valence-electron chi connectivity index (χ4n) is 3.05. The zero-order valence-electron chi connectivity index (χ0n) is 16.3. The maximum Gasteiger partial charge on any atom is 0.220 e. The van der Waals surface area contributed by atoms with Crippen LogP contribution in [0.3, 0.4) is 0 Å². The number of hydrogen-bond donors (Lipinski definition) is 1. The third-order valence-electron chi connectivity index (χ3n) is 4.59. The van der Waals surface area contributed by atoms with E-state index in [-0.39, 0.29) is 67.9 Å². The highest BCUT2D eigenvalue weighted by atomic mass is 127. The quantitative estimate of drug-likeness (QED) is 0.193. The molecule has 0 amide bonds. The molecule has 1 N–H and O–H groups in total. The van der Waals surface area contributed by atoms with Gasteiger partial charge in [-0.1, -0.05) is 5.16 Å². The van der Waals surface area contributed by atoms with Crippen molar-refractivity contribution in [3.63, 3.8) is 0 Å². The standard InChI is InChI=1S/C17H19F4N5O3S.HI/c1-22-17(23-9-12-15(20)13(18)8-14(19)16(12)21)25-3-5-26(6-4-25)30(27,28)10-11-2-7-29-24-11;/h2,7-8H,3-6,9-10H2,1H3,(H,22,23);1H. The first-order chi connectivity index (χ1) is 14.2. The Bertz CT molecular complexity index is 1000. The summed E-state index contributed by atoms with van der Waals surface area (Å²) in [6.45, 7) is 0.264. The summed E-state index contributed by atoms with van der Waals surface area (Å²) < 4.78 is 85.2. The number of benzene rings is 1. The minimum Gasteiger partial charge on any atom is -0.364 e. The second kappa shape index (κ2) is 10.6. The zero-order chi connectivity index (χ0) is 21.9. The monoisotopic (exact) mass is 577 g/mol. The fourth-order valence-corrected chi connectivity index (χ4v) is 4.47. The smallest absolute Gasteiger partial charge is 0.220 e. The first-order valence-corrected chi connectivity index (χ1v) is 10.5. The van der Waals surface area contributed by atoms with Gasteiger partial charge in [-0.3, -0.25) is 4.99 Å². The maximum atomic E-state index is 13.8. The molecule has 1 aliphatic rings. The van der Waals surface area contributed by atoms with E-state index in [0.29, 0.717) is 5.69 Å². The van der Waals surface area contributed by atoms with Crippen LogP contribution in [0.4, 0.5) is 17.6 Å². The molecule has 2 aromatic rings. The largest absolute Gasteiger partial charge is 0.364 e. The molecule has 1 aliphatic heterocycles. The van der Waals surface area contributed by atoms with Crippen LogP contribution in [0.1, 0.15) is 11.3 Å². The van der Waals surface area contributed by atoms with Gasteiger partial charge in [-0.05, 0) is 0 Å². The van der Waals surface area contributed by atoms with Crippen molar-refractivity contribution in [2.24, 2.45) is 4.99 Å². The summed E-state index contributed by atoms with van der Waals surface area (Å²) in [5.74, 6) is -6.04. The van der Waals surface area contributed by atoms with Crippen molar-refractivity contribution in [1.82, 2.24) is 19.7 Å². The predicted octanol–water partition coefficient (Wildman–Crippen LogP) is 2.07. The first-order valence-electron chi connectivity index (χ1n) is 8.87. The van der Waals surface area contributed by atoms with E-state index in [0.717, 1.165) is 0 Å². The van der Waals surface area contributed by atoms with E-state index in [2.05, 4.69) is 20.0 Å². The minimum absolute atomic E-state index is 0. The Balaban J connectivity index is 0.00000341. The summed E-state index contributed by atoms with van der Waals surface area (Å²) in [6, 6.07) is 1.61. The Morgan fingerprint density at radius 2 is 1.77 bits per heavy atom. The van der Waals surface area contributed by atoms with Crippen molar-refractivity contribution in [3.8, 4) is 0 Å². The molecule has 1 aromatic carbocycles. The molecule has 0 bridgehead atoms. The normalized spacial score (nSPS) is 15.6. The van der Waals surface area contributed by atoms with Gasteiger partial charge in [0.15, 0.2) is 29.2 Å². The molecule has 1 aromatic heterocycles. The fraction of sp³-hybridized carbons (Fsp3) is 0.412. The molecule has 8 nitrogen and oxygen atoms in total. The zero-order valence-corrected chi connectivity index (χ0v) is 19.5. The topological polar surface area (TPSA) is 91.0 Å². The van der Waals surface area contributed by atoms with E-state index in [9.17, 15) is 26.0 Å². The number of nitrogens with zero attached hydrogens (tertiary/aromatic N) is 4. The summed E-state index contributed by atoms with van der Waals surface area (Å²) in [7, 11) is -2.17. The van der Waals surface area contributed by atoms with Crippen LogP contribution in [0.2, 0.25) is 0 Å². The molecule has 2 heterocycles. The third-order valence-corrected chi connectivity index (χ3v) is 6.40. The van der Waals surface area contributed by atoms with Crippen LogP contribution in [-0.4, -0.2) is 62.0 Å². The van der Waals surface area contributed by atoms with Crippen LogP contribution < -0.4 is 5.32 Å². The van der Waals surface area contributed by atoms with E-state index < -0.39 is 45.4 Å². The van der Waals surface area contributed by atoms with Gasteiger partial charge in [0.05, 0.1) is 5.69 Å². The molecule has 172 valence electrons. The average Bonchev–Trinajstić information content (AvgIpc) is 3.22. The molecule has 1 fully saturated rings. The molecule has 14 heteroatoms. The number of hydrogen-bond acceptors (Lipinski definition) is 5. The van der Waals surface area contributed by atoms with Gasteiger partial charge in [0, 0.05) is 57.5 Å². The number of aromatic nitrogens is 1. The molecular weight excluding hydrogens is 557 g/mol. The number of guanidine groups is 1. The van der Waals surface area contributed by atoms with Gasteiger partial charge in [-0.15, -0.1) is 24.0 Å². The van der Waals surface area contributed by atoms with E-state index >= 15 is 0 Å². The number of nitrogens with one attached hydrogen (secondary N) is 1. The Hall–Kier alpha value is -1.94. The lowest BCUT2D eigenvalue weighted by Gasteiger charge is -2.35. The lowest BCUT2D eigenvalue weighted by Crippen LogP contribution is -2.53. The summed E-state index contributed by atoms with van der Waals surface area (Å²) in [6.07, 6.45) is 1.29. The lowest BCUT2D eigenvalue weighted by atomic mass is 10.2. The Morgan fingerprint density at radius 1 is 1.16 bits per heavy atom. The van der Waals surface area contributed by atoms with Gasteiger partial charge in [0.25, 0.3) is 0 Å². The van der Waals surface area contributed by atoms with Crippen LogP contribution in [0.15, 0.2) is 27.9 Å². The van der Waals surface area contributed by atoms with Crippen molar-refractivity contribution in [2.75, 3.05) is 33.2 Å². The minimum atomic E-state index is -3.60. The highest BCUT2D eigenvalue weighted by Gasteiger charge is 2.29. The van der Waals surface area contributed by atoms with Gasteiger partial charge in [-0.25, -0.2) is 26.0 Å². The van der Waals surface area contributed by atoms with Crippen LogP contribution in [0.25, 0.3) is 0 Å². The Kier molecular flexibility index (Phi) is 8.65. The summed E-state index contributed by atoms with van der Waals surface area (Å²) >= 11 is 0. The van der Waals surface area contributed by atoms with E-state index in [1.807, 2.05) is 0 Å². The molecule has 0 radical (unpaired) electrons. The molecule has 31 heavy (non-hydrogen) atoms. The average molecular weight is 577 g/mol. The molecule has 0 spiro atoms. The summed E-state index contributed by atoms with van der Waals surface area (Å²) in [4.78, 5) is 5.66. The van der Waals surface area contributed by atoms with Crippen molar-refractivity contribution >= 4 is 40.0 Å². The summed E-state index contributed by atoms with van der Waals surface area (Å²) in [5.41, 5.74) is -0.497. The Labute approximate surface area is 193 Å². The van der Waals surface area contributed by atoms with E-state index in [1.54, 1.807) is 4.90 Å². The number of halogens is 5. The van der Waals surface area contributed by atoms with Crippen molar-refractivity contribution in [3.05, 3.63) is 52.9 Å². The number of rotatable bonds is 5. The molecule has 0 unspecified atom stereocenters. The van der Waals surface area contributed by atoms with Crippen molar-refractivity contribution in [2.45, 2.75) is 12.3 Å². The Morgan fingerprint density at radius 3 is 2.29 bits per heavy atom. The van der Waals surface area contributed by atoms with E-state index in [4.69, 9.17) is 0 Å². The van der Waals surface area contributed by atoms with Gasteiger partial charge in [0.2, 0.25) is 10.0 Å². The lowest BCUT2D eigenvalue weighted by molar-refractivity contribution is 0.259. The molecular formula is C17H20F4IN5O3S. The number of piperazine rings is 1. The maximum absolute atomic E-state index is 13.8. The number of sulfonamides is 1. The summed E-state index contributed by atoms with van der Waals surface area (Å²) in [5, 5.41) is 6.25. The second-order valence-electron chi connectivity index (χ2n) is 6.48. The van der Waals surface area contributed by atoms with E-state index in [1.165, 1.54) is 23.7 Å². The SMILES string of the molecule is CN=C(NCc1c(F)c(F)cc(F)c1F)N1CCN(S(=O)(=O)Cc2ccon2)CC1.I. The highest BCUT2D eigenvalue weighted by molar-refractivity contribution is 14.0. The molecule has 0 saturated carbocycles. The van der Waals surface area contributed by atoms with Crippen molar-refractivity contribution in [1.29, 1.82) is 0 Å². The van der Waals surface area contributed by atoms with Gasteiger partial charge in [-0.2, -0.15) is 4.31 Å². The predicted molar refractivity (Wildman–Crippen MR) is 114 cm³/mol. The van der Waals surface area contributed by atoms with Gasteiger partial charge in [0.1, 0.15) is 12.0 Å². The number of aliphatic imine (C=N–C) groups is 1. The molecule has 1 saturated heterocycles. The van der Waals surface area contributed by atoms with Crippen LogP contribution in [0, 0.1) is 23.3 Å². The molecule has 3 rings (SSSR count). The van der Waals surface area contributed by atoms with Crippen LogP contribution in [0.5, 0.6) is 0 Å². The van der Waals surface area contributed by atoms with Gasteiger partial charge >= 0.3 is 0 Å². The van der Waals surface area contributed by atoms with Crippen molar-refractivity contribution < 1.29 is 30.5 Å². The highest BCUT2D eigenvalue weighted by Crippen LogP contribution is 2.19. The van der Waals surface area contributed by atoms with Crippen LogP contribution >= 0.6 is 24.0 Å².